The van der Waals surface area contributed by atoms with Crippen molar-refractivity contribution in [1.82, 2.24) is 0 Å². The smallest absolute Gasteiger partial charge is 0.303 e. The molecule has 2 fully saturated rings. The molecule has 2 rings (SSSR count). The molecule has 2 heterocycles. The Labute approximate surface area is 145 Å². The zero-order valence-corrected chi connectivity index (χ0v) is 14.7. The second-order valence-corrected chi connectivity index (χ2v) is 6.73. The van der Waals surface area contributed by atoms with E-state index in [0.717, 1.165) is 45.1 Å². The molecule has 0 spiro atoms. The van der Waals surface area contributed by atoms with Crippen LogP contribution in [-0.4, -0.2) is 36.5 Å². The number of carboxylic acids is 1. The summed E-state index contributed by atoms with van der Waals surface area (Å²) in [4.78, 5) is 10.5. The van der Waals surface area contributed by atoms with Gasteiger partial charge in [-0.1, -0.05) is 25.0 Å². The average molecular weight is 334 g/mol. The van der Waals surface area contributed by atoms with Gasteiger partial charge in [-0.05, 0) is 44.4 Å². The summed E-state index contributed by atoms with van der Waals surface area (Å²) in [6.45, 7) is 3.38. The second-order valence-electron chi connectivity index (χ2n) is 6.73. The van der Waals surface area contributed by atoms with Crippen LogP contribution in [0.15, 0.2) is 12.2 Å². The predicted octanol–water partition coefficient (Wildman–Crippen LogP) is 3.80. The number of unbranched alkanes of at least 4 members (excludes halogenated alkanes) is 2. The summed E-state index contributed by atoms with van der Waals surface area (Å²) in [5.74, 6) is 6.46. The largest absolute Gasteiger partial charge is 0.481 e. The van der Waals surface area contributed by atoms with Crippen LogP contribution >= 0.6 is 0 Å². The summed E-state index contributed by atoms with van der Waals surface area (Å²) < 4.78 is 11.9. The van der Waals surface area contributed by atoms with Gasteiger partial charge in [0, 0.05) is 18.8 Å². The molecule has 134 valence electrons. The van der Waals surface area contributed by atoms with Crippen LogP contribution in [0, 0.1) is 23.7 Å². The number of allylic oxidation sites excluding steroid dienone is 2. The van der Waals surface area contributed by atoms with E-state index in [4.69, 9.17) is 14.6 Å². The Balaban J connectivity index is 1.70. The van der Waals surface area contributed by atoms with Crippen LogP contribution in [0.3, 0.4) is 0 Å². The molecule has 1 N–H and O–H groups in total. The number of aliphatic carboxylic acids is 1. The van der Waals surface area contributed by atoms with E-state index in [2.05, 4.69) is 30.9 Å². The normalized spacial score (nSPS) is 28.2. The first kappa shape index (κ1) is 19.0. The summed E-state index contributed by atoms with van der Waals surface area (Å²) in [6, 6.07) is 0. The van der Waals surface area contributed by atoms with Crippen molar-refractivity contribution < 1.29 is 19.4 Å². The Morgan fingerprint density at radius 1 is 1.25 bits per heavy atom. The van der Waals surface area contributed by atoms with Gasteiger partial charge in [-0.15, -0.1) is 5.92 Å². The fourth-order valence-electron chi connectivity index (χ4n) is 3.68. The van der Waals surface area contributed by atoms with Crippen LogP contribution in [0.25, 0.3) is 0 Å². The molecule has 0 amide bonds. The van der Waals surface area contributed by atoms with Gasteiger partial charge in [0.2, 0.25) is 0 Å². The minimum absolute atomic E-state index is 0.247. The number of hydrogen-bond donors (Lipinski definition) is 1. The van der Waals surface area contributed by atoms with Crippen molar-refractivity contribution in [3.63, 3.8) is 0 Å². The molecule has 0 unspecified atom stereocenters. The Hall–Kier alpha value is -1.31. The monoisotopic (exact) mass is 334 g/mol. The van der Waals surface area contributed by atoms with E-state index in [9.17, 15) is 4.79 Å². The van der Waals surface area contributed by atoms with Gasteiger partial charge in [-0.25, -0.2) is 0 Å². The van der Waals surface area contributed by atoms with Gasteiger partial charge in [0.15, 0.2) is 0 Å². The van der Waals surface area contributed by atoms with Crippen LogP contribution in [0.2, 0.25) is 0 Å². The summed E-state index contributed by atoms with van der Waals surface area (Å²) in [7, 11) is 0. The van der Waals surface area contributed by atoms with Crippen molar-refractivity contribution in [1.29, 1.82) is 0 Å². The van der Waals surface area contributed by atoms with Crippen molar-refractivity contribution in [3.8, 4) is 11.8 Å². The molecule has 2 aliphatic heterocycles. The maximum atomic E-state index is 10.5. The molecule has 4 heteroatoms. The van der Waals surface area contributed by atoms with Gasteiger partial charge < -0.3 is 14.6 Å². The SMILES string of the molecule is CCCC#CCOC[C@@H]1[C@@H](C/C=C\CCCC(=O)O)[C@H]2CC[C@@H]1O2. The fraction of sp³-hybridized carbons (Fsp3) is 0.750. The van der Waals surface area contributed by atoms with Gasteiger partial charge in [0.25, 0.3) is 0 Å². The van der Waals surface area contributed by atoms with E-state index >= 15 is 0 Å². The first-order chi connectivity index (χ1) is 11.7. The number of hydrogen-bond acceptors (Lipinski definition) is 3. The highest BCUT2D eigenvalue weighted by molar-refractivity contribution is 5.66. The highest BCUT2D eigenvalue weighted by Crippen LogP contribution is 2.45. The van der Waals surface area contributed by atoms with Crippen molar-refractivity contribution in [2.45, 2.75) is 70.5 Å². The lowest BCUT2D eigenvalue weighted by Gasteiger charge is -2.26. The molecule has 2 saturated heterocycles. The number of rotatable bonds is 10. The third-order valence-corrected chi connectivity index (χ3v) is 4.91. The van der Waals surface area contributed by atoms with E-state index < -0.39 is 5.97 Å². The van der Waals surface area contributed by atoms with E-state index in [1.54, 1.807) is 0 Å². The highest BCUT2D eigenvalue weighted by Gasteiger charge is 2.48. The number of carbonyl (C=O) groups is 1. The van der Waals surface area contributed by atoms with E-state index in [0.29, 0.717) is 37.1 Å². The Morgan fingerprint density at radius 3 is 2.79 bits per heavy atom. The Morgan fingerprint density at radius 2 is 2.04 bits per heavy atom. The quantitative estimate of drug-likeness (QED) is 0.375. The molecule has 24 heavy (non-hydrogen) atoms. The lowest BCUT2D eigenvalue weighted by atomic mass is 9.78. The summed E-state index contributed by atoms with van der Waals surface area (Å²) in [5.41, 5.74) is 0. The van der Waals surface area contributed by atoms with Crippen LogP contribution in [0.5, 0.6) is 0 Å². The average Bonchev–Trinajstić information content (AvgIpc) is 3.15. The van der Waals surface area contributed by atoms with Gasteiger partial charge in [0.05, 0.1) is 18.8 Å². The minimum atomic E-state index is -0.718. The first-order valence-corrected chi connectivity index (χ1v) is 9.28. The van der Waals surface area contributed by atoms with Gasteiger partial charge in [-0.3, -0.25) is 4.79 Å². The number of ether oxygens (including phenoxy) is 2. The molecule has 0 aromatic carbocycles. The van der Waals surface area contributed by atoms with Crippen molar-refractivity contribution in [2.75, 3.05) is 13.2 Å². The number of fused-ring (bicyclic) bond motifs is 2. The standard InChI is InChI=1S/C20H30O4/c1-2-3-4-9-14-23-15-17-16(18-12-13-19(17)24-18)10-7-5-6-8-11-20(21)22/h5,7,16-19H,2-3,6,8,10-15H2,1H3,(H,21,22)/b7-5-/t16-,17-,18-,19+/m1/s1. The van der Waals surface area contributed by atoms with Crippen LogP contribution in [0.1, 0.15) is 58.3 Å². The molecule has 2 aliphatic rings. The third kappa shape index (κ3) is 5.96. The molecule has 2 bridgehead atoms. The van der Waals surface area contributed by atoms with Crippen LogP contribution in [0.4, 0.5) is 0 Å². The maximum Gasteiger partial charge on any atom is 0.303 e. The molecule has 4 atom stereocenters. The Bertz CT molecular complexity index is 474. The van der Waals surface area contributed by atoms with Crippen molar-refractivity contribution in [2.24, 2.45) is 11.8 Å². The molecule has 0 aliphatic carbocycles. The van der Waals surface area contributed by atoms with Gasteiger partial charge >= 0.3 is 5.97 Å². The van der Waals surface area contributed by atoms with Gasteiger partial charge in [-0.2, -0.15) is 0 Å². The number of carboxylic acid groups (broad SMARTS) is 1. The molecule has 4 nitrogen and oxygen atoms in total. The third-order valence-electron chi connectivity index (χ3n) is 4.91. The molecule has 0 radical (unpaired) electrons. The molecule has 0 saturated carbocycles. The zero-order valence-electron chi connectivity index (χ0n) is 14.7. The van der Waals surface area contributed by atoms with E-state index in [1.807, 2.05) is 0 Å². The lowest BCUT2D eigenvalue weighted by molar-refractivity contribution is -0.137. The molecular weight excluding hydrogens is 304 g/mol. The summed E-state index contributed by atoms with van der Waals surface area (Å²) >= 11 is 0. The highest BCUT2D eigenvalue weighted by atomic mass is 16.5. The van der Waals surface area contributed by atoms with Gasteiger partial charge in [0.1, 0.15) is 6.61 Å². The molecule has 0 aromatic heterocycles. The summed E-state index contributed by atoms with van der Waals surface area (Å²) in [5, 5.41) is 8.64. The second kappa shape index (κ2) is 10.5. The summed E-state index contributed by atoms with van der Waals surface area (Å²) in [6.07, 6.45) is 12.2. The first-order valence-electron chi connectivity index (χ1n) is 9.28. The predicted molar refractivity (Wildman–Crippen MR) is 93.6 cm³/mol. The maximum absolute atomic E-state index is 10.5. The fourth-order valence-corrected chi connectivity index (χ4v) is 3.68. The molecule has 0 aromatic rings. The van der Waals surface area contributed by atoms with Crippen molar-refractivity contribution >= 4 is 5.97 Å². The molecular formula is C20H30O4. The van der Waals surface area contributed by atoms with Crippen LogP contribution in [-0.2, 0) is 14.3 Å². The lowest BCUT2D eigenvalue weighted by Crippen LogP contribution is -2.30. The zero-order chi connectivity index (χ0) is 17.2. The van der Waals surface area contributed by atoms with E-state index in [1.165, 1.54) is 0 Å². The van der Waals surface area contributed by atoms with Crippen molar-refractivity contribution in [3.05, 3.63) is 12.2 Å². The Kier molecular flexibility index (Phi) is 8.35. The minimum Gasteiger partial charge on any atom is -0.481 e. The topological polar surface area (TPSA) is 55.8 Å². The van der Waals surface area contributed by atoms with Crippen LogP contribution < -0.4 is 0 Å². The van der Waals surface area contributed by atoms with E-state index in [-0.39, 0.29) is 6.42 Å².